The number of nitro groups is 1. The fraction of sp³-hybridized carbons (Fsp3) is 0.100. The van der Waals surface area contributed by atoms with Crippen LogP contribution in [0.2, 0.25) is 0 Å². The zero-order valence-electron chi connectivity index (χ0n) is 16.2. The Kier molecular flexibility index (Phi) is 5.97. The predicted molar refractivity (Wildman–Crippen MR) is 111 cm³/mol. The average molecular weight is 406 g/mol. The van der Waals surface area contributed by atoms with Crippen molar-refractivity contribution < 1.29 is 14.5 Å². The zero-order valence-corrected chi connectivity index (χ0v) is 16.2. The third-order valence-electron chi connectivity index (χ3n) is 4.24. The van der Waals surface area contributed by atoms with Gasteiger partial charge in [-0.3, -0.25) is 30.6 Å². The molecule has 1 amide bonds. The van der Waals surface area contributed by atoms with Crippen molar-refractivity contribution >= 4 is 34.7 Å². The second-order valence-electron chi connectivity index (χ2n) is 6.33. The Balaban J connectivity index is 1.82. The van der Waals surface area contributed by atoms with Crippen molar-refractivity contribution in [3.05, 3.63) is 81.7 Å². The number of carbonyl (C=O) groups excluding carboxylic acids is 2. The number of aryl methyl sites for hydroxylation is 1. The SMILES string of the molecule is CC(=O)c1ccc(Nc2ncnc(NNC(=O)c3ccccc3C)c2[N+](=O)[O-])cc1. The van der Waals surface area contributed by atoms with E-state index >= 15 is 0 Å². The largest absolute Gasteiger partial charge is 0.355 e. The van der Waals surface area contributed by atoms with Crippen LogP contribution in [0.15, 0.2) is 54.9 Å². The van der Waals surface area contributed by atoms with Crippen LogP contribution >= 0.6 is 0 Å². The van der Waals surface area contributed by atoms with Gasteiger partial charge in [-0.1, -0.05) is 18.2 Å². The Morgan fingerprint density at radius 2 is 1.67 bits per heavy atom. The van der Waals surface area contributed by atoms with E-state index in [-0.39, 0.29) is 17.4 Å². The summed E-state index contributed by atoms with van der Waals surface area (Å²) in [5.41, 5.74) is 6.65. The van der Waals surface area contributed by atoms with Crippen molar-refractivity contribution in [3.63, 3.8) is 0 Å². The first-order chi connectivity index (χ1) is 14.4. The van der Waals surface area contributed by atoms with Gasteiger partial charge in [-0.15, -0.1) is 0 Å². The minimum Gasteiger partial charge on any atom is -0.334 e. The highest BCUT2D eigenvalue weighted by Gasteiger charge is 2.24. The monoisotopic (exact) mass is 406 g/mol. The average Bonchev–Trinajstić information content (AvgIpc) is 2.72. The zero-order chi connectivity index (χ0) is 21.7. The molecule has 10 heteroatoms. The number of ketones is 1. The molecule has 0 aliphatic carbocycles. The maximum atomic E-state index is 12.4. The molecule has 0 fully saturated rings. The van der Waals surface area contributed by atoms with Gasteiger partial charge in [0.25, 0.3) is 5.91 Å². The fourth-order valence-electron chi connectivity index (χ4n) is 2.67. The summed E-state index contributed by atoms with van der Waals surface area (Å²) < 4.78 is 0. The lowest BCUT2D eigenvalue weighted by Gasteiger charge is -2.12. The van der Waals surface area contributed by atoms with Crippen LogP contribution < -0.4 is 16.2 Å². The van der Waals surface area contributed by atoms with Gasteiger partial charge in [0.1, 0.15) is 6.33 Å². The molecule has 0 bridgehead atoms. The first-order valence-electron chi connectivity index (χ1n) is 8.86. The molecule has 0 aliphatic rings. The minimum atomic E-state index is -0.658. The van der Waals surface area contributed by atoms with Gasteiger partial charge < -0.3 is 5.32 Å². The topological polar surface area (TPSA) is 139 Å². The Morgan fingerprint density at radius 1 is 1.00 bits per heavy atom. The van der Waals surface area contributed by atoms with Gasteiger partial charge in [-0.05, 0) is 49.7 Å². The number of hydrazine groups is 1. The van der Waals surface area contributed by atoms with Crippen molar-refractivity contribution in [2.75, 3.05) is 10.7 Å². The summed E-state index contributed by atoms with van der Waals surface area (Å²) in [6, 6.07) is 13.3. The molecule has 3 N–H and O–H groups in total. The van der Waals surface area contributed by atoms with Gasteiger partial charge in [0, 0.05) is 16.8 Å². The van der Waals surface area contributed by atoms with Crippen LogP contribution in [0, 0.1) is 17.0 Å². The van der Waals surface area contributed by atoms with Crippen LogP contribution in [0.3, 0.4) is 0 Å². The standard InChI is InChI=1S/C20H18N6O4/c1-12-5-3-4-6-16(12)20(28)25-24-19-17(26(29)30)18(21-11-22-19)23-15-9-7-14(8-10-15)13(2)27/h3-11H,1-2H3,(H,25,28)(H2,21,22,23,24). The summed E-state index contributed by atoms with van der Waals surface area (Å²) in [6.45, 7) is 3.22. The Morgan fingerprint density at radius 3 is 2.30 bits per heavy atom. The Bertz CT molecular complexity index is 1110. The van der Waals surface area contributed by atoms with Gasteiger partial charge in [0.15, 0.2) is 5.78 Å². The number of anilines is 3. The van der Waals surface area contributed by atoms with Crippen molar-refractivity contribution in [3.8, 4) is 0 Å². The van der Waals surface area contributed by atoms with Crippen LogP contribution in [0.25, 0.3) is 0 Å². The number of hydrogen-bond donors (Lipinski definition) is 3. The summed E-state index contributed by atoms with van der Waals surface area (Å²) in [4.78, 5) is 42.5. The van der Waals surface area contributed by atoms with E-state index in [4.69, 9.17) is 0 Å². The lowest BCUT2D eigenvalue weighted by atomic mass is 10.1. The Labute approximate surface area is 171 Å². The number of nitrogens with one attached hydrogen (secondary N) is 3. The smallest absolute Gasteiger partial charge is 0.334 e. The van der Waals surface area contributed by atoms with Crippen LogP contribution in [0.5, 0.6) is 0 Å². The molecule has 10 nitrogen and oxygen atoms in total. The predicted octanol–water partition coefficient (Wildman–Crippen LogP) is 3.40. The third kappa shape index (κ3) is 4.55. The molecule has 0 aliphatic heterocycles. The molecule has 152 valence electrons. The van der Waals surface area contributed by atoms with Crippen LogP contribution in [-0.4, -0.2) is 26.6 Å². The van der Waals surface area contributed by atoms with Crippen molar-refractivity contribution in [2.45, 2.75) is 13.8 Å². The first-order valence-corrected chi connectivity index (χ1v) is 8.86. The first kappa shape index (κ1) is 20.4. The van der Waals surface area contributed by atoms with Gasteiger partial charge in [0.05, 0.1) is 4.92 Å². The van der Waals surface area contributed by atoms with Crippen molar-refractivity contribution in [2.24, 2.45) is 0 Å². The number of benzene rings is 2. The molecule has 0 spiro atoms. The second-order valence-corrected chi connectivity index (χ2v) is 6.33. The lowest BCUT2D eigenvalue weighted by Crippen LogP contribution is -2.30. The summed E-state index contributed by atoms with van der Waals surface area (Å²) in [5, 5.41) is 14.5. The molecule has 0 atom stereocenters. The van der Waals surface area contributed by atoms with Gasteiger partial charge >= 0.3 is 5.69 Å². The van der Waals surface area contributed by atoms with E-state index in [1.54, 1.807) is 55.5 Å². The summed E-state index contributed by atoms with van der Waals surface area (Å²) in [7, 11) is 0. The highest BCUT2D eigenvalue weighted by molar-refractivity contribution is 5.96. The normalized spacial score (nSPS) is 10.2. The number of Topliss-reactive ketones (excluding diaryl/α,β-unsaturated/α-hetero) is 1. The molecular weight excluding hydrogens is 388 g/mol. The lowest BCUT2D eigenvalue weighted by molar-refractivity contribution is -0.383. The van der Waals surface area contributed by atoms with E-state index in [1.165, 1.54) is 6.92 Å². The fourth-order valence-corrected chi connectivity index (χ4v) is 2.67. The van der Waals surface area contributed by atoms with Gasteiger partial charge in [0.2, 0.25) is 11.6 Å². The summed E-state index contributed by atoms with van der Waals surface area (Å²) >= 11 is 0. The van der Waals surface area contributed by atoms with E-state index < -0.39 is 16.5 Å². The van der Waals surface area contributed by atoms with Crippen molar-refractivity contribution in [1.82, 2.24) is 15.4 Å². The molecule has 0 radical (unpaired) electrons. The van der Waals surface area contributed by atoms with Crippen LogP contribution in [-0.2, 0) is 0 Å². The van der Waals surface area contributed by atoms with Crippen LogP contribution in [0.1, 0.15) is 33.2 Å². The second kappa shape index (κ2) is 8.78. The highest BCUT2D eigenvalue weighted by Crippen LogP contribution is 2.30. The number of carbonyl (C=O) groups is 2. The summed E-state index contributed by atoms with van der Waals surface area (Å²) in [6.07, 6.45) is 1.13. The molecule has 30 heavy (non-hydrogen) atoms. The third-order valence-corrected chi connectivity index (χ3v) is 4.24. The number of rotatable bonds is 7. The minimum absolute atomic E-state index is 0.0711. The van der Waals surface area contributed by atoms with E-state index in [2.05, 4.69) is 26.1 Å². The molecule has 2 aromatic carbocycles. The van der Waals surface area contributed by atoms with Crippen molar-refractivity contribution in [1.29, 1.82) is 0 Å². The molecule has 3 rings (SSSR count). The highest BCUT2D eigenvalue weighted by atomic mass is 16.6. The molecular formula is C20H18N6O4. The molecule has 0 saturated heterocycles. The Hall–Kier alpha value is -4.34. The van der Waals surface area contributed by atoms with E-state index in [9.17, 15) is 19.7 Å². The molecule has 0 unspecified atom stereocenters. The molecule has 3 aromatic rings. The van der Waals surface area contributed by atoms with Gasteiger partial charge in [-0.2, -0.15) is 0 Å². The summed E-state index contributed by atoms with van der Waals surface area (Å²) in [5.74, 6) is -0.807. The molecule has 1 heterocycles. The van der Waals surface area contributed by atoms with Crippen LogP contribution in [0.4, 0.5) is 23.0 Å². The van der Waals surface area contributed by atoms with E-state index in [0.29, 0.717) is 16.8 Å². The molecule has 0 saturated carbocycles. The quantitative estimate of drug-likeness (QED) is 0.308. The van der Waals surface area contributed by atoms with E-state index in [1.807, 2.05) is 0 Å². The maximum Gasteiger partial charge on any atom is 0.355 e. The van der Waals surface area contributed by atoms with E-state index in [0.717, 1.165) is 11.9 Å². The molecule has 1 aromatic heterocycles. The number of hydrogen-bond acceptors (Lipinski definition) is 8. The number of amides is 1. The number of nitrogens with zero attached hydrogens (tertiary/aromatic N) is 3. The maximum absolute atomic E-state index is 12.4. The van der Waals surface area contributed by atoms with Gasteiger partial charge in [-0.25, -0.2) is 9.97 Å². The number of aromatic nitrogens is 2.